The van der Waals surface area contributed by atoms with Crippen LogP contribution in [0.1, 0.15) is 24.0 Å². The first-order valence-electron chi connectivity index (χ1n) is 8.59. The highest BCUT2D eigenvalue weighted by molar-refractivity contribution is 6.30. The first kappa shape index (κ1) is 17.9. The van der Waals surface area contributed by atoms with Gasteiger partial charge in [0.05, 0.1) is 0 Å². The molecule has 0 unspecified atom stereocenters. The summed E-state index contributed by atoms with van der Waals surface area (Å²) in [6.07, 6.45) is 1.70. The van der Waals surface area contributed by atoms with Gasteiger partial charge in [0, 0.05) is 24.0 Å². The Labute approximate surface area is 152 Å². The van der Waals surface area contributed by atoms with Gasteiger partial charge in [0.15, 0.2) is 0 Å². The van der Waals surface area contributed by atoms with Crippen molar-refractivity contribution in [3.8, 4) is 0 Å². The van der Waals surface area contributed by atoms with E-state index in [9.17, 15) is 9.18 Å². The van der Waals surface area contributed by atoms with Gasteiger partial charge >= 0.3 is 0 Å². The second kappa shape index (κ2) is 8.45. The lowest BCUT2D eigenvalue weighted by atomic mass is 9.95. The fourth-order valence-electron chi connectivity index (χ4n) is 3.18. The molecule has 2 aromatic rings. The van der Waals surface area contributed by atoms with Crippen LogP contribution in [-0.2, 0) is 17.9 Å². The Morgan fingerprint density at radius 3 is 2.52 bits per heavy atom. The molecule has 1 fully saturated rings. The molecule has 0 aliphatic carbocycles. The Morgan fingerprint density at radius 1 is 1.12 bits per heavy atom. The number of carbonyl (C=O) groups is 1. The molecule has 0 atom stereocenters. The zero-order chi connectivity index (χ0) is 17.6. The van der Waals surface area contributed by atoms with Crippen LogP contribution in [-0.4, -0.2) is 23.9 Å². The molecule has 25 heavy (non-hydrogen) atoms. The van der Waals surface area contributed by atoms with Crippen LogP contribution in [0.2, 0.25) is 5.02 Å². The van der Waals surface area contributed by atoms with Gasteiger partial charge in [-0.15, -0.1) is 0 Å². The second-order valence-corrected chi connectivity index (χ2v) is 6.96. The summed E-state index contributed by atoms with van der Waals surface area (Å²) in [5, 5.41) is 3.68. The molecule has 1 aliphatic rings. The number of amides is 1. The van der Waals surface area contributed by atoms with E-state index < -0.39 is 0 Å². The number of halogens is 2. The van der Waals surface area contributed by atoms with Crippen molar-refractivity contribution >= 4 is 17.5 Å². The quantitative estimate of drug-likeness (QED) is 0.873. The van der Waals surface area contributed by atoms with Crippen molar-refractivity contribution in [2.45, 2.75) is 25.9 Å². The smallest absolute Gasteiger partial charge is 0.223 e. The van der Waals surface area contributed by atoms with E-state index >= 15 is 0 Å². The molecule has 0 aromatic heterocycles. The predicted octanol–water partition coefficient (Wildman–Crippen LogP) is 4.01. The average molecular weight is 361 g/mol. The molecule has 1 aliphatic heterocycles. The molecule has 5 heteroatoms. The van der Waals surface area contributed by atoms with E-state index in [-0.39, 0.29) is 17.6 Å². The number of hydrogen-bond donors (Lipinski definition) is 1. The molecular formula is C20H22ClFN2O. The van der Waals surface area contributed by atoms with E-state index in [1.807, 2.05) is 30.3 Å². The Morgan fingerprint density at radius 2 is 1.84 bits per heavy atom. The molecule has 1 saturated heterocycles. The average Bonchev–Trinajstić information content (AvgIpc) is 2.62. The van der Waals surface area contributed by atoms with Crippen LogP contribution in [0.15, 0.2) is 48.5 Å². The fourth-order valence-corrected chi connectivity index (χ4v) is 3.31. The van der Waals surface area contributed by atoms with Gasteiger partial charge in [-0.25, -0.2) is 4.39 Å². The summed E-state index contributed by atoms with van der Waals surface area (Å²) in [5.74, 6) is -0.173. The summed E-state index contributed by atoms with van der Waals surface area (Å²) >= 11 is 5.91. The molecule has 0 spiro atoms. The number of benzene rings is 2. The van der Waals surface area contributed by atoms with Crippen LogP contribution in [0.4, 0.5) is 4.39 Å². The van der Waals surface area contributed by atoms with Crippen LogP contribution in [0.3, 0.4) is 0 Å². The van der Waals surface area contributed by atoms with Crippen molar-refractivity contribution in [2.75, 3.05) is 13.1 Å². The number of hydrogen-bond acceptors (Lipinski definition) is 2. The number of rotatable bonds is 5. The standard InChI is InChI=1S/C20H22ClFN2O/c21-18-6-4-15(5-7-18)14-24-10-8-17(9-11-24)20(25)23-13-16-2-1-3-19(22)12-16/h1-7,12,17H,8-11,13-14H2,(H,23,25). The van der Waals surface area contributed by atoms with Crippen LogP contribution >= 0.6 is 11.6 Å². The predicted molar refractivity (Wildman–Crippen MR) is 97.7 cm³/mol. The highest BCUT2D eigenvalue weighted by Crippen LogP contribution is 2.20. The van der Waals surface area contributed by atoms with Crippen LogP contribution < -0.4 is 5.32 Å². The molecule has 1 heterocycles. The van der Waals surface area contributed by atoms with E-state index in [1.54, 1.807) is 6.07 Å². The topological polar surface area (TPSA) is 32.3 Å². The SMILES string of the molecule is O=C(NCc1cccc(F)c1)C1CCN(Cc2ccc(Cl)cc2)CC1. The van der Waals surface area contributed by atoms with Crippen molar-refractivity contribution < 1.29 is 9.18 Å². The third-order valence-corrected chi connectivity index (χ3v) is 4.89. The van der Waals surface area contributed by atoms with E-state index in [1.165, 1.54) is 17.7 Å². The van der Waals surface area contributed by atoms with Crippen LogP contribution in [0.5, 0.6) is 0 Å². The first-order valence-corrected chi connectivity index (χ1v) is 8.97. The molecule has 2 aromatic carbocycles. The molecule has 0 radical (unpaired) electrons. The number of likely N-dealkylation sites (tertiary alicyclic amines) is 1. The second-order valence-electron chi connectivity index (χ2n) is 6.52. The molecule has 3 nitrogen and oxygen atoms in total. The lowest BCUT2D eigenvalue weighted by Gasteiger charge is -2.31. The van der Waals surface area contributed by atoms with Gasteiger partial charge in [0.25, 0.3) is 0 Å². The van der Waals surface area contributed by atoms with Crippen molar-refractivity contribution in [1.29, 1.82) is 0 Å². The van der Waals surface area contributed by atoms with Gasteiger partial charge in [-0.2, -0.15) is 0 Å². The lowest BCUT2D eigenvalue weighted by molar-refractivity contribution is -0.126. The maximum Gasteiger partial charge on any atom is 0.223 e. The minimum absolute atomic E-state index is 0.0371. The van der Waals surface area contributed by atoms with Gasteiger partial charge in [0.2, 0.25) is 5.91 Å². The highest BCUT2D eigenvalue weighted by Gasteiger charge is 2.24. The van der Waals surface area contributed by atoms with Crippen LogP contribution in [0.25, 0.3) is 0 Å². The summed E-state index contributed by atoms with van der Waals surface area (Å²) < 4.78 is 13.2. The number of nitrogens with one attached hydrogen (secondary N) is 1. The Kier molecular flexibility index (Phi) is 6.05. The maximum atomic E-state index is 13.2. The zero-order valence-electron chi connectivity index (χ0n) is 14.1. The zero-order valence-corrected chi connectivity index (χ0v) is 14.8. The fraction of sp³-hybridized carbons (Fsp3) is 0.350. The molecular weight excluding hydrogens is 339 g/mol. The third-order valence-electron chi connectivity index (χ3n) is 4.63. The summed E-state index contributed by atoms with van der Waals surface area (Å²) in [6, 6.07) is 14.2. The Balaban J connectivity index is 1.43. The van der Waals surface area contributed by atoms with Gasteiger partial charge in [0.1, 0.15) is 5.82 Å². The van der Waals surface area contributed by atoms with Crippen molar-refractivity contribution in [3.05, 3.63) is 70.5 Å². The van der Waals surface area contributed by atoms with Gasteiger partial charge in [-0.05, 0) is 61.3 Å². The molecule has 1 amide bonds. The number of piperidine rings is 1. The Hall–Kier alpha value is -1.91. The summed E-state index contributed by atoms with van der Waals surface area (Å²) in [7, 11) is 0. The van der Waals surface area contributed by atoms with E-state index in [0.29, 0.717) is 6.54 Å². The normalized spacial score (nSPS) is 15.9. The molecule has 0 saturated carbocycles. The summed E-state index contributed by atoms with van der Waals surface area (Å²) in [6.45, 7) is 3.07. The monoisotopic (exact) mass is 360 g/mol. The van der Waals surface area contributed by atoms with Gasteiger partial charge < -0.3 is 5.32 Å². The highest BCUT2D eigenvalue weighted by atomic mass is 35.5. The van der Waals surface area contributed by atoms with Gasteiger partial charge in [-0.1, -0.05) is 35.9 Å². The van der Waals surface area contributed by atoms with Crippen molar-refractivity contribution in [3.63, 3.8) is 0 Å². The molecule has 132 valence electrons. The Bertz CT molecular complexity index is 712. The number of nitrogens with zero attached hydrogens (tertiary/aromatic N) is 1. The van der Waals surface area contributed by atoms with Crippen molar-refractivity contribution in [1.82, 2.24) is 10.2 Å². The third kappa shape index (κ3) is 5.28. The molecule has 0 bridgehead atoms. The minimum atomic E-state index is -0.276. The maximum absolute atomic E-state index is 13.2. The lowest BCUT2D eigenvalue weighted by Crippen LogP contribution is -2.40. The summed E-state index contributed by atoms with van der Waals surface area (Å²) in [5.41, 5.74) is 2.02. The van der Waals surface area contributed by atoms with E-state index in [2.05, 4.69) is 10.2 Å². The van der Waals surface area contributed by atoms with Gasteiger partial charge in [-0.3, -0.25) is 9.69 Å². The first-order chi connectivity index (χ1) is 12.1. The summed E-state index contributed by atoms with van der Waals surface area (Å²) in [4.78, 5) is 14.7. The number of carbonyl (C=O) groups excluding carboxylic acids is 1. The van der Waals surface area contributed by atoms with Crippen LogP contribution in [0, 0.1) is 11.7 Å². The molecule has 1 N–H and O–H groups in total. The minimum Gasteiger partial charge on any atom is -0.352 e. The van der Waals surface area contributed by atoms with E-state index in [4.69, 9.17) is 11.6 Å². The largest absolute Gasteiger partial charge is 0.352 e. The molecule has 3 rings (SSSR count). The van der Waals surface area contributed by atoms with Crippen molar-refractivity contribution in [2.24, 2.45) is 5.92 Å². The van der Waals surface area contributed by atoms with E-state index in [0.717, 1.165) is 43.1 Å².